The summed E-state index contributed by atoms with van der Waals surface area (Å²) in [4.78, 5) is 29.0. The van der Waals surface area contributed by atoms with Crippen LogP contribution in [0.4, 0.5) is 0 Å². The minimum atomic E-state index is -0.469. The van der Waals surface area contributed by atoms with E-state index < -0.39 is 6.04 Å². The molecule has 1 aromatic rings. The SMILES string of the molecule is CC1C(=O)NCC(=O)N1Cc1ncnn1C(C)C. The minimum Gasteiger partial charge on any atom is -0.345 e. The van der Waals surface area contributed by atoms with Gasteiger partial charge in [-0.1, -0.05) is 0 Å². The van der Waals surface area contributed by atoms with Gasteiger partial charge in [0.05, 0.1) is 13.1 Å². The van der Waals surface area contributed by atoms with E-state index in [1.165, 1.54) is 11.2 Å². The molecule has 0 radical (unpaired) electrons. The molecule has 0 spiro atoms. The third kappa shape index (κ3) is 2.20. The van der Waals surface area contributed by atoms with Crippen molar-refractivity contribution in [2.75, 3.05) is 6.54 Å². The summed E-state index contributed by atoms with van der Waals surface area (Å²) in [5.74, 6) is 0.463. The quantitative estimate of drug-likeness (QED) is 0.800. The van der Waals surface area contributed by atoms with E-state index in [0.29, 0.717) is 12.4 Å². The second-order valence-corrected chi connectivity index (χ2v) is 4.63. The molecule has 1 aliphatic heterocycles. The molecule has 18 heavy (non-hydrogen) atoms. The Morgan fingerprint density at radius 2 is 2.22 bits per heavy atom. The highest BCUT2D eigenvalue weighted by atomic mass is 16.2. The zero-order valence-electron chi connectivity index (χ0n) is 10.8. The van der Waals surface area contributed by atoms with Crippen molar-refractivity contribution in [2.24, 2.45) is 0 Å². The summed E-state index contributed by atoms with van der Waals surface area (Å²) in [7, 11) is 0. The summed E-state index contributed by atoms with van der Waals surface area (Å²) >= 11 is 0. The second kappa shape index (κ2) is 4.75. The Balaban J connectivity index is 2.19. The number of piperazine rings is 1. The zero-order valence-corrected chi connectivity index (χ0v) is 10.8. The van der Waals surface area contributed by atoms with Crippen molar-refractivity contribution in [3.05, 3.63) is 12.2 Å². The first-order valence-corrected chi connectivity index (χ1v) is 5.96. The molecule has 1 N–H and O–H groups in total. The first-order chi connectivity index (χ1) is 8.50. The third-order valence-corrected chi connectivity index (χ3v) is 3.03. The number of amides is 2. The monoisotopic (exact) mass is 251 g/mol. The van der Waals surface area contributed by atoms with Crippen LogP contribution in [0.15, 0.2) is 6.33 Å². The molecular formula is C11H17N5O2. The van der Waals surface area contributed by atoms with Crippen LogP contribution in [0, 0.1) is 0 Å². The lowest BCUT2D eigenvalue weighted by Gasteiger charge is -2.32. The van der Waals surface area contributed by atoms with Crippen molar-refractivity contribution in [3.63, 3.8) is 0 Å². The van der Waals surface area contributed by atoms with Gasteiger partial charge in [-0.15, -0.1) is 0 Å². The van der Waals surface area contributed by atoms with Gasteiger partial charge in [0.15, 0.2) is 0 Å². The van der Waals surface area contributed by atoms with Crippen LogP contribution in [0.2, 0.25) is 0 Å². The molecule has 1 fully saturated rings. The molecule has 2 rings (SSSR count). The average Bonchev–Trinajstić information content (AvgIpc) is 2.78. The minimum absolute atomic E-state index is 0.0546. The van der Waals surface area contributed by atoms with Crippen LogP contribution >= 0.6 is 0 Å². The van der Waals surface area contributed by atoms with Crippen LogP contribution in [-0.2, 0) is 16.1 Å². The Kier molecular flexibility index (Phi) is 3.31. The molecule has 1 aliphatic rings. The van der Waals surface area contributed by atoms with Gasteiger partial charge in [0.2, 0.25) is 11.8 Å². The van der Waals surface area contributed by atoms with Gasteiger partial charge < -0.3 is 10.2 Å². The highest BCUT2D eigenvalue weighted by molar-refractivity contribution is 5.94. The fraction of sp³-hybridized carbons (Fsp3) is 0.636. The lowest BCUT2D eigenvalue weighted by molar-refractivity contribution is -0.145. The molecule has 1 unspecified atom stereocenters. The molecule has 1 atom stereocenters. The van der Waals surface area contributed by atoms with E-state index in [1.54, 1.807) is 11.6 Å². The van der Waals surface area contributed by atoms with E-state index in [1.807, 2.05) is 13.8 Å². The van der Waals surface area contributed by atoms with Gasteiger partial charge in [0, 0.05) is 6.04 Å². The van der Waals surface area contributed by atoms with Crippen LogP contribution in [0.25, 0.3) is 0 Å². The second-order valence-electron chi connectivity index (χ2n) is 4.63. The van der Waals surface area contributed by atoms with Gasteiger partial charge in [-0.2, -0.15) is 5.10 Å². The van der Waals surface area contributed by atoms with Gasteiger partial charge in [-0.05, 0) is 20.8 Å². The smallest absolute Gasteiger partial charge is 0.243 e. The molecule has 2 heterocycles. The molecule has 98 valence electrons. The van der Waals surface area contributed by atoms with Crippen LogP contribution in [-0.4, -0.2) is 44.1 Å². The van der Waals surface area contributed by atoms with Crippen LogP contribution in [0.1, 0.15) is 32.6 Å². The van der Waals surface area contributed by atoms with Gasteiger partial charge in [0.25, 0.3) is 0 Å². The fourth-order valence-electron chi connectivity index (χ4n) is 1.97. The van der Waals surface area contributed by atoms with E-state index in [9.17, 15) is 9.59 Å². The van der Waals surface area contributed by atoms with Crippen molar-refractivity contribution in [1.29, 1.82) is 0 Å². The maximum absolute atomic E-state index is 11.8. The molecule has 1 saturated heterocycles. The molecule has 0 aromatic carbocycles. The summed E-state index contributed by atoms with van der Waals surface area (Å²) < 4.78 is 1.76. The Morgan fingerprint density at radius 3 is 2.89 bits per heavy atom. The summed E-state index contributed by atoms with van der Waals surface area (Å²) in [6, 6.07) is -0.296. The largest absolute Gasteiger partial charge is 0.345 e. The number of aromatic nitrogens is 3. The van der Waals surface area contributed by atoms with Gasteiger partial charge >= 0.3 is 0 Å². The van der Waals surface area contributed by atoms with Crippen molar-refractivity contribution in [2.45, 2.75) is 39.4 Å². The van der Waals surface area contributed by atoms with Crippen molar-refractivity contribution < 1.29 is 9.59 Å². The lowest BCUT2D eigenvalue weighted by Crippen LogP contribution is -2.56. The van der Waals surface area contributed by atoms with E-state index in [4.69, 9.17) is 0 Å². The first kappa shape index (κ1) is 12.5. The number of nitrogens with one attached hydrogen (secondary N) is 1. The normalized spacial score (nSPS) is 20.4. The zero-order chi connectivity index (χ0) is 13.3. The van der Waals surface area contributed by atoms with Crippen LogP contribution in [0.3, 0.4) is 0 Å². The maximum atomic E-state index is 11.8. The Morgan fingerprint density at radius 1 is 1.50 bits per heavy atom. The van der Waals surface area contributed by atoms with Crippen molar-refractivity contribution in [3.8, 4) is 0 Å². The lowest BCUT2D eigenvalue weighted by atomic mass is 10.2. The predicted molar refractivity (Wildman–Crippen MR) is 63.4 cm³/mol. The molecule has 7 heteroatoms. The predicted octanol–water partition coefficient (Wildman–Crippen LogP) is -0.294. The topological polar surface area (TPSA) is 80.1 Å². The standard InChI is InChI=1S/C11H17N5O2/c1-7(2)16-9(13-6-14-16)5-15-8(3)11(18)12-4-10(15)17/h6-8H,4-5H2,1-3H3,(H,12,18). The molecule has 0 saturated carbocycles. The third-order valence-electron chi connectivity index (χ3n) is 3.03. The number of carbonyl (C=O) groups excluding carboxylic acids is 2. The Labute approximate surface area is 105 Å². The molecule has 0 bridgehead atoms. The first-order valence-electron chi connectivity index (χ1n) is 5.96. The Bertz CT molecular complexity index is 468. The van der Waals surface area contributed by atoms with Gasteiger partial charge in [0.1, 0.15) is 18.2 Å². The summed E-state index contributed by atoms with van der Waals surface area (Å²) in [5, 5.41) is 6.67. The van der Waals surface area contributed by atoms with Crippen molar-refractivity contribution in [1.82, 2.24) is 25.0 Å². The molecule has 0 aliphatic carbocycles. The molecule has 2 amide bonds. The van der Waals surface area contributed by atoms with E-state index in [0.717, 1.165) is 0 Å². The number of nitrogens with zero attached hydrogens (tertiary/aromatic N) is 4. The fourth-order valence-corrected chi connectivity index (χ4v) is 1.97. The average molecular weight is 251 g/mol. The van der Waals surface area contributed by atoms with E-state index in [2.05, 4.69) is 15.4 Å². The highest BCUT2D eigenvalue weighted by Gasteiger charge is 2.31. The van der Waals surface area contributed by atoms with Crippen LogP contribution in [0.5, 0.6) is 0 Å². The number of rotatable bonds is 3. The maximum Gasteiger partial charge on any atom is 0.243 e. The van der Waals surface area contributed by atoms with Crippen LogP contribution < -0.4 is 5.32 Å². The van der Waals surface area contributed by atoms with Gasteiger partial charge in [-0.25, -0.2) is 9.67 Å². The number of hydrogen-bond acceptors (Lipinski definition) is 4. The van der Waals surface area contributed by atoms with Crippen molar-refractivity contribution >= 4 is 11.8 Å². The van der Waals surface area contributed by atoms with Gasteiger partial charge in [-0.3, -0.25) is 9.59 Å². The van der Waals surface area contributed by atoms with E-state index >= 15 is 0 Å². The van der Waals surface area contributed by atoms with E-state index in [-0.39, 0.29) is 24.4 Å². The summed E-state index contributed by atoms with van der Waals surface area (Å²) in [6.07, 6.45) is 1.47. The summed E-state index contributed by atoms with van der Waals surface area (Å²) in [6.45, 7) is 6.06. The molecule has 7 nitrogen and oxygen atoms in total. The summed E-state index contributed by atoms with van der Waals surface area (Å²) in [5.41, 5.74) is 0. The number of hydrogen-bond donors (Lipinski definition) is 1. The molecule has 1 aromatic heterocycles. The number of carbonyl (C=O) groups is 2. The Hall–Kier alpha value is -1.92. The highest BCUT2D eigenvalue weighted by Crippen LogP contribution is 2.12. The molecular weight excluding hydrogens is 234 g/mol.